The minimum absolute atomic E-state index is 0.168. The number of rotatable bonds is 9. The first-order chi connectivity index (χ1) is 15.7. The van der Waals surface area contributed by atoms with Crippen molar-refractivity contribution in [3.8, 4) is 11.5 Å². The molecule has 32 heavy (non-hydrogen) atoms. The normalized spacial score (nSPS) is 20.2. The summed E-state index contributed by atoms with van der Waals surface area (Å²) in [6, 6.07) is 7.52. The number of aromatic nitrogens is 2. The second kappa shape index (κ2) is 11.7. The molecule has 6 nitrogen and oxygen atoms in total. The maximum atomic E-state index is 9.75. The first kappa shape index (κ1) is 23.1. The highest BCUT2D eigenvalue weighted by Crippen LogP contribution is 2.28. The van der Waals surface area contributed by atoms with Gasteiger partial charge in [-0.15, -0.1) is 0 Å². The number of methoxy groups -OCH3 is 1. The molecule has 2 saturated heterocycles. The molecule has 1 aromatic heterocycles. The summed E-state index contributed by atoms with van der Waals surface area (Å²) in [6.07, 6.45) is 11.3. The molecular weight excluding hydrogens is 420 g/mol. The molecule has 0 amide bonds. The van der Waals surface area contributed by atoms with Crippen molar-refractivity contribution in [1.82, 2.24) is 19.8 Å². The van der Waals surface area contributed by atoms with Crippen LogP contribution in [0.3, 0.4) is 0 Å². The van der Waals surface area contributed by atoms with Gasteiger partial charge in [-0.25, -0.2) is 9.97 Å². The topological polar surface area (TPSA) is 61.7 Å². The second-order valence-electron chi connectivity index (χ2n) is 8.59. The molecule has 3 heterocycles. The monoisotopic (exact) mass is 454 g/mol. The number of hydrogen-bond acceptors (Lipinski definition) is 7. The van der Waals surface area contributed by atoms with E-state index < -0.39 is 0 Å². The van der Waals surface area contributed by atoms with Crippen LogP contribution in [-0.4, -0.2) is 77.0 Å². The van der Waals surface area contributed by atoms with Gasteiger partial charge < -0.3 is 14.7 Å². The summed E-state index contributed by atoms with van der Waals surface area (Å²) >= 11 is 1.78. The van der Waals surface area contributed by atoms with Crippen LogP contribution in [0.5, 0.6) is 11.5 Å². The van der Waals surface area contributed by atoms with Crippen LogP contribution in [0.1, 0.15) is 42.9 Å². The van der Waals surface area contributed by atoms with Crippen molar-refractivity contribution in [3.63, 3.8) is 0 Å². The zero-order valence-corrected chi connectivity index (χ0v) is 19.8. The minimum atomic E-state index is 0.168. The molecule has 0 radical (unpaired) electrons. The Hall–Kier alpha value is -2.09. The molecule has 0 spiro atoms. The Kier molecular flexibility index (Phi) is 8.42. The summed E-state index contributed by atoms with van der Waals surface area (Å²) < 4.78 is 5.19. The number of benzene rings is 1. The molecule has 4 rings (SSSR count). The lowest BCUT2D eigenvalue weighted by Gasteiger charge is -2.31. The Morgan fingerprint density at radius 3 is 2.84 bits per heavy atom. The molecule has 172 valence electrons. The Morgan fingerprint density at radius 1 is 1.16 bits per heavy atom. The van der Waals surface area contributed by atoms with Gasteiger partial charge in [-0.3, -0.25) is 4.90 Å². The van der Waals surface area contributed by atoms with Gasteiger partial charge in [0.05, 0.1) is 7.11 Å². The van der Waals surface area contributed by atoms with Crippen molar-refractivity contribution in [1.29, 1.82) is 0 Å². The van der Waals surface area contributed by atoms with E-state index in [2.05, 4.69) is 33.0 Å². The smallest absolute Gasteiger partial charge is 0.187 e. The van der Waals surface area contributed by atoms with Crippen LogP contribution in [-0.2, 0) is 0 Å². The summed E-state index contributed by atoms with van der Waals surface area (Å²) in [4.78, 5) is 14.4. The van der Waals surface area contributed by atoms with E-state index in [-0.39, 0.29) is 5.75 Å². The molecule has 2 aliphatic heterocycles. The van der Waals surface area contributed by atoms with Crippen LogP contribution in [0.2, 0.25) is 0 Å². The highest BCUT2D eigenvalue weighted by Gasteiger charge is 2.22. The lowest BCUT2D eigenvalue weighted by atomic mass is 9.94. The number of thioether (sulfide) groups is 1. The fraction of sp³-hybridized carbons (Fsp3) is 0.520. The van der Waals surface area contributed by atoms with Crippen molar-refractivity contribution >= 4 is 17.8 Å². The number of hydrogen-bond donors (Lipinski definition) is 1. The van der Waals surface area contributed by atoms with E-state index in [4.69, 9.17) is 9.72 Å². The molecule has 1 atom stereocenters. The van der Waals surface area contributed by atoms with Gasteiger partial charge in [-0.1, -0.05) is 30.0 Å². The molecule has 0 saturated carbocycles. The summed E-state index contributed by atoms with van der Waals surface area (Å²) in [5.74, 6) is 2.20. The predicted molar refractivity (Wildman–Crippen MR) is 131 cm³/mol. The summed E-state index contributed by atoms with van der Waals surface area (Å²) in [5.41, 5.74) is 2.21. The first-order valence-corrected chi connectivity index (χ1v) is 12.6. The summed E-state index contributed by atoms with van der Waals surface area (Å²) in [5, 5.41) is 10.7. The van der Waals surface area contributed by atoms with E-state index in [9.17, 15) is 5.11 Å². The van der Waals surface area contributed by atoms with Gasteiger partial charge in [0.2, 0.25) is 0 Å². The number of piperidine rings is 1. The predicted octanol–water partition coefficient (Wildman–Crippen LogP) is 4.27. The van der Waals surface area contributed by atoms with Crippen LogP contribution in [0, 0.1) is 0 Å². The van der Waals surface area contributed by atoms with E-state index in [1.165, 1.54) is 44.5 Å². The maximum Gasteiger partial charge on any atom is 0.187 e. The van der Waals surface area contributed by atoms with E-state index >= 15 is 0 Å². The third-order valence-corrected chi connectivity index (χ3v) is 7.14. The molecule has 2 fully saturated rings. The number of nitrogens with zero attached hydrogens (tertiary/aromatic N) is 4. The standard InChI is InChI=1S/C25H34N4O2S/c1-31-24-18-20(8-9-23(24)30)6-4-14-29-15-5-7-21(19-29)22-10-11-26-25(27-22)32-17-16-28-12-2-3-13-28/h4,6,8-11,18,21,30H,2-3,5,7,12-17,19H2,1H3/b6-4+/t21-/m1/s1. The second-order valence-corrected chi connectivity index (χ2v) is 9.66. The molecule has 1 aromatic carbocycles. The Balaban J connectivity index is 1.28. The van der Waals surface area contributed by atoms with E-state index in [1.54, 1.807) is 24.9 Å². The third-order valence-electron chi connectivity index (χ3n) is 6.29. The number of aromatic hydroxyl groups is 1. The van der Waals surface area contributed by atoms with E-state index in [0.29, 0.717) is 11.7 Å². The van der Waals surface area contributed by atoms with Gasteiger partial charge >= 0.3 is 0 Å². The number of ether oxygens (including phenoxy) is 1. The Labute approximate surface area is 195 Å². The third kappa shape index (κ3) is 6.47. The van der Waals surface area contributed by atoms with Crippen molar-refractivity contribution in [3.05, 3.63) is 47.8 Å². The maximum absolute atomic E-state index is 9.75. The SMILES string of the molecule is COc1cc(/C=C/CN2CCC[C@@H](c3ccnc(SCCN4CCCC4)n3)C2)ccc1O. The molecule has 0 unspecified atom stereocenters. The lowest BCUT2D eigenvalue weighted by molar-refractivity contribution is 0.226. The Morgan fingerprint density at radius 2 is 2.00 bits per heavy atom. The van der Waals surface area contributed by atoms with E-state index in [0.717, 1.165) is 42.7 Å². The summed E-state index contributed by atoms with van der Waals surface area (Å²) in [7, 11) is 1.57. The molecular formula is C25H34N4O2S. The minimum Gasteiger partial charge on any atom is -0.504 e. The molecule has 7 heteroatoms. The van der Waals surface area contributed by atoms with Crippen molar-refractivity contribution in [2.24, 2.45) is 0 Å². The zero-order valence-electron chi connectivity index (χ0n) is 18.9. The van der Waals surface area contributed by atoms with Crippen LogP contribution in [0.25, 0.3) is 6.08 Å². The van der Waals surface area contributed by atoms with Gasteiger partial charge in [-0.2, -0.15) is 0 Å². The van der Waals surface area contributed by atoms with Crippen molar-refractivity contribution < 1.29 is 9.84 Å². The molecule has 2 aliphatic rings. The van der Waals surface area contributed by atoms with Crippen LogP contribution < -0.4 is 4.74 Å². The average Bonchev–Trinajstić information content (AvgIpc) is 3.34. The number of phenols is 1. The summed E-state index contributed by atoms with van der Waals surface area (Å²) in [6.45, 7) is 6.67. The zero-order chi connectivity index (χ0) is 22.2. The molecule has 2 aromatic rings. The van der Waals surface area contributed by atoms with Gasteiger partial charge in [0.25, 0.3) is 0 Å². The fourth-order valence-electron chi connectivity index (χ4n) is 4.52. The van der Waals surface area contributed by atoms with Gasteiger partial charge in [0.1, 0.15) is 0 Å². The van der Waals surface area contributed by atoms with Gasteiger partial charge in [0.15, 0.2) is 16.7 Å². The average molecular weight is 455 g/mol. The quantitative estimate of drug-likeness (QED) is 0.448. The molecule has 0 bridgehead atoms. The van der Waals surface area contributed by atoms with Crippen molar-refractivity contribution in [2.75, 3.05) is 52.1 Å². The highest BCUT2D eigenvalue weighted by atomic mass is 32.2. The number of likely N-dealkylation sites (tertiary alicyclic amines) is 2. The fourth-order valence-corrected chi connectivity index (χ4v) is 5.36. The van der Waals surface area contributed by atoms with E-state index in [1.807, 2.05) is 18.3 Å². The van der Waals surface area contributed by atoms with Crippen molar-refractivity contribution in [2.45, 2.75) is 36.8 Å². The van der Waals surface area contributed by atoms with Gasteiger partial charge in [0, 0.05) is 43.2 Å². The molecule has 0 aliphatic carbocycles. The lowest BCUT2D eigenvalue weighted by Crippen LogP contribution is -2.34. The largest absolute Gasteiger partial charge is 0.504 e. The Bertz CT molecular complexity index is 901. The van der Waals surface area contributed by atoms with Crippen LogP contribution >= 0.6 is 11.8 Å². The number of phenolic OH excluding ortho intramolecular Hbond substituents is 1. The van der Waals surface area contributed by atoms with Gasteiger partial charge in [-0.05, 0) is 69.1 Å². The highest BCUT2D eigenvalue weighted by molar-refractivity contribution is 7.99. The van der Waals surface area contributed by atoms with Crippen LogP contribution in [0.4, 0.5) is 0 Å². The first-order valence-electron chi connectivity index (χ1n) is 11.7. The van der Waals surface area contributed by atoms with Crippen LogP contribution in [0.15, 0.2) is 41.7 Å². The molecule has 1 N–H and O–H groups in total.